The minimum atomic E-state index is 0.226. The topological polar surface area (TPSA) is 39.7 Å². The molecule has 3 fully saturated rings. The van der Waals surface area contributed by atoms with Crippen LogP contribution in [0.5, 0.6) is 0 Å². The zero-order valence-electron chi connectivity index (χ0n) is 19.0. The van der Waals surface area contributed by atoms with Crippen LogP contribution in [0.3, 0.4) is 0 Å². The Balaban J connectivity index is 1.24. The molecule has 0 unspecified atom stereocenters. The van der Waals surface area contributed by atoms with Gasteiger partial charge in [0.1, 0.15) is 0 Å². The second-order valence-corrected chi connectivity index (χ2v) is 10.1. The first kappa shape index (κ1) is 21.8. The van der Waals surface area contributed by atoms with Gasteiger partial charge in [0.15, 0.2) is 0 Å². The number of nitrogens with zero attached hydrogens (tertiary/aromatic N) is 4. The minimum Gasteiger partial charge on any atom is -0.342 e. The van der Waals surface area contributed by atoms with Crippen LogP contribution in [0.4, 0.5) is 0 Å². The number of amides is 1. The fourth-order valence-electron chi connectivity index (χ4n) is 5.77. The quantitative estimate of drug-likeness (QED) is 0.740. The van der Waals surface area contributed by atoms with Gasteiger partial charge in [-0.1, -0.05) is 13.8 Å². The van der Waals surface area contributed by atoms with Crippen molar-refractivity contribution in [2.75, 3.05) is 39.3 Å². The van der Waals surface area contributed by atoms with Crippen molar-refractivity contribution < 1.29 is 4.79 Å². The number of carbonyl (C=O) groups is 1. The van der Waals surface area contributed by atoms with Crippen LogP contribution >= 0.6 is 0 Å². The Labute approximate surface area is 182 Å². The van der Waals surface area contributed by atoms with Crippen LogP contribution in [0.15, 0.2) is 24.5 Å². The fourth-order valence-corrected chi connectivity index (χ4v) is 5.77. The Hall–Kier alpha value is -1.46. The van der Waals surface area contributed by atoms with E-state index in [0.29, 0.717) is 11.9 Å². The Morgan fingerprint density at radius 1 is 1.00 bits per heavy atom. The molecule has 5 nitrogen and oxygen atoms in total. The number of hydrogen-bond acceptors (Lipinski definition) is 4. The highest BCUT2D eigenvalue weighted by molar-refractivity contribution is 5.79. The van der Waals surface area contributed by atoms with Crippen LogP contribution in [0, 0.1) is 17.8 Å². The Kier molecular flexibility index (Phi) is 7.42. The molecular weight excluding hydrogens is 372 g/mol. The Bertz CT molecular complexity index is 663. The molecule has 5 heteroatoms. The molecule has 4 heterocycles. The molecule has 0 bridgehead atoms. The van der Waals surface area contributed by atoms with Gasteiger partial charge in [0.25, 0.3) is 0 Å². The third kappa shape index (κ3) is 5.42. The maximum atomic E-state index is 13.2. The molecule has 0 saturated carbocycles. The first-order valence-electron chi connectivity index (χ1n) is 12.2. The van der Waals surface area contributed by atoms with E-state index in [9.17, 15) is 4.79 Å². The summed E-state index contributed by atoms with van der Waals surface area (Å²) in [7, 11) is 0. The van der Waals surface area contributed by atoms with Crippen LogP contribution in [0.2, 0.25) is 0 Å². The van der Waals surface area contributed by atoms with E-state index in [1.54, 1.807) is 0 Å². The van der Waals surface area contributed by atoms with Gasteiger partial charge in [-0.25, -0.2) is 0 Å². The maximum Gasteiger partial charge on any atom is 0.226 e. The second-order valence-electron chi connectivity index (χ2n) is 10.1. The van der Waals surface area contributed by atoms with Crippen molar-refractivity contribution in [3.63, 3.8) is 0 Å². The average molecular weight is 413 g/mol. The van der Waals surface area contributed by atoms with E-state index in [-0.39, 0.29) is 5.92 Å². The second kappa shape index (κ2) is 10.2. The van der Waals surface area contributed by atoms with Crippen molar-refractivity contribution in [1.29, 1.82) is 0 Å². The summed E-state index contributed by atoms with van der Waals surface area (Å²) in [4.78, 5) is 24.7. The van der Waals surface area contributed by atoms with Gasteiger partial charge in [-0.05, 0) is 87.7 Å². The molecule has 1 aromatic heterocycles. The number of aromatic nitrogens is 1. The summed E-state index contributed by atoms with van der Waals surface area (Å²) in [5, 5.41) is 0. The molecule has 0 spiro atoms. The highest BCUT2D eigenvalue weighted by atomic mass is 16.2. The lowest BCUT2D eigenvalue weighted by Gasteiger charge is -2.43. The number of pyridine rings is 1. The SMILES string of the molecule is CC(C)C1CCN(C(=O)[C@@H]2CCCN(C3CCN(Cc4ccncc4)CC3)C2)CC1. The number of rotatable bonds is 5. The molecule has 0 radical (unpaired) electrons. The first-order valence-corrected chi connectivity index (χ1v) is 12.2. The number of carbonyl (C=O) groups excluding carboxylic acids is 1. The van der Waals surface area contributed by atoms with Gasteiger partial charge in [0.05, 0.1) is 5.92 Å². The normalized spacial score (nSPS) is 25.7. The lowest BCUT2D eigenvalue weighted by atomic mass is 9.86. The first-order chi connectivity index (χ1) is 14.6. The van der Waals surface area contributed by atoms with E-state index in [4.69, 9.17) is 0 Å². The highest BCUT2D eigenvalue weighted by Crippen LogP contribution is 2.29. The van der Waals surface area contributed by atoms with Crippen molar-refractivity contribution in [2.45, 2.75) is 65.0 Å². The lowest BCUT2D eigenvalue weighted by molar-refractivity contribution is -0.139. The average Bonchev–Trinajstić information content (AvgIpc) is 2.80. The molecule has 3 aliphatic heterocycles. The molecular formula is C25H40N4O. The van der Waals surface area contributed by atoms with Gasteiger partial charge in [-0.15, -0.1) is 0 Å². The van der Waals surface area contributed by atoms with E-state index < -0.39 is 0 Å². The summed E-state index contributed by atoms with van der Waals surface area (Å²) in [6.45, 7) is 12.1. The molecule has 0 N–H and O–H groups in total. The molecule has 1 amide bonds. The molecule has 4 rings (SSSR count). The van der Waals surface area contributed by atoms with E-state index in [2.05, 4.69) is 45.7 Å². The van der Waals surface area contributed by atoms with Gasteiger partial charge < -0.3 is 4.90 Å². The van der Waals surface area contributed by atoms with E-state index >= 15 is 0 Å². The zero-order chi connectivity index (χ0) is 20.9. The van der Waals surface area contributed by atoms with Gasteiger partial charge in [-0.2, -0.15) is 0 Å². The predicted molar refractivity (Wildman–Crippen MR) is 121 cm³/mol. The standard InChI is InChI=1S/C25H40N4O/c1-20(2)22-7-16-28(17-8-22)25(30)23-4-3-13-29(19-23)24-9-14-27(15-10-24)18-21-5-11-26-12-6-21/h5-6,11-12,20,22-24H,3-4,7-10,13-19H2,1-2H3/t23-/m1/s1. The maximum absolute atomic E-state index is 13.2. The summed E-state index contributed by atoms with van der Waals surface area (Å²) < 4.78 is 0. The molecule has 1 aromatic rings. The highest BCUT2D eigenvalue weighted by Gasteiger charge is 2.34. The fraction of sp³-hybridized carbons (Fsp3) is 0.760. The van der Waals surface area contributed by atoms with Crippen LogP contribution in [0.1, 0.15) is 57.9 Å². The molecule has 166 valence electrons. The summed E-state index contributed by atoms with van der Waals surface area (Å²) in [6, 6.07) is 4.90. The predicted octanol–water partition coefficient (Wildman–Crippen LogP) is 3.65. The van der Waals surface area contributed by atoms with Crippen LogP contribution in [-0.2, 0) is 11.3 Å². The van der Waals surface area contributed by atoms with Crippen LogP contribution < -0.4 is 0 Å². The van der Waals surface area contributed by atoms with Crippen molar-refractivity contribution in [2.24, 2.45) is 17.8 Å². The van der Waals surface area contributed by atoms with Gasteiger partial charge in [-0.3, -0.25) is 19.6 Å². The summed E-state index contributed by atoms with van der Waals surface area (Å²) in [5.41, 5.74) is 1.35. The van der Waals surface area contributed by atoms with Gasteiger partial charge in [0, 0.05) is 44.6 Å². The van der Waals surface area contributed by atoms with Gasteiger partial charge in [0.2, 0.25) is 5.91 Å². The van der Waals surface area contributed by atoms with Crippen molar-refractivity contribution in [3.8, 4) is 0 Å². The lowest BCUT2D eigenvalue weighted by Crippen LogP contribution is -2.52. The molecule has 0 aromatic carbocycles. The number of piperidine rings is 3. The monoisotopic (exact) mass is 412 g/mol. The largest absolute Gasteiger partial charge is 0.342 e. The third-order valence-electron chi connectivity index (χ3n) is 7.83. The smallest absolute Gasteiger partial charge is 0.226 e. The van der Waals surface area contributed by atoms with Crippen molar-refractivity contribution in [1.82, 2.24) is 19.7 Å². The Morgan fingerprint density at radius 2 is 1.70 bits per heavy atom. The number of hydrogen-bond donors (Lipinski definition) is 0. The molecule has 0 aliphatic carbocycles. The Morgan fingerprint density at radius 3 is 2.37 bits per heavy atom. The summed E-state index contributed by atoms with van der Waals surface area (Å²) in [6.07, 6.45) is 10.9. The minimum absolute atomic E-state index is 0.226. The van der Waals surface area contributed by atoms with Crippen molar-refractivity contribution in [3.05, 3.63) is 30.1 Å². The zero-order valence-corrected chi connectivity index (χ0v) is 19.0. The molecule has 1 atom stereocenters. The third-order valence-corrected chi connectivity index (χ3v) is 7.83. The summed E-state index contributed by atoms with van der Waals surface area (Å²) in [5.74, 6) is 2.22. The number of likely N-dealkylation sites (tertiary alicyclic amines) is 3. The van der Waals surface area contributed by atoms with Crippen LogP contribution in [-0.4, -0.2) is 70.9 Å². The summed E-state index contributed by atoms with van der Waals surface area (Å²) >= 11 is 0. The molecule has 3 saturated heterocycles. The van der Waals surface area contributed by atoms with E-state index in [1.807, 2.05) is 12.4 Å². The molecule has 30 heavy (non-hydrogen) atoms. The van der Waals surface area contributed by atoms with E-state index in [1.165, 1.54) is 44.2 Å². The molecule has 3 aliphatic rings. The van der Waals surface area contributed by atoms with Crippen LogP contribution in [0.25, 0.3) is 0 Å². The van der Waals surface area contributed by atoms with Crippen molar-refractivity contribution >= 4 is 5.91 Å². The van der Waals surface area contributed by atoms with E-state index in [0.717, 1.165) is 57.5 Å². The van der Waals surface area contributed by atoms with Gasteiger partial charge >= 0.3 is 0 Å².